The van der Waals surface area contributed by atoms with E-state index in [4.69, 9.17) is 0 Å². The summed E-state index contributed by atoms with van der Waals surface area (Å²) in [5, 5.41) is 3.42. The van der Waals surface area contributed by atoms with Gasteiger partial charge in [-0.15, -0.1) is 0 Å². The van der Waals surface area contributed by atoms with Gasteiger partial charge in [-0.1, -0.05) is 30.3 Å². The molecule has 0 fully saturated rings. The van der Waals surface area contributed by atoms with Gasteiger partial charge in [0.2, 0.25) is 0 Å². The zero-order valence-corrected chi connectivity index (χ0v) is 13.6. The molecule has 1 aromatic heterocycles. The van der Waals surface area contributed by atoms with Crippen molar-refractivity contribution in [1.29, 1.82) is 0 Å². The van der Waals surface area contributed by atoms with Gasteiger partial charge in [0, 0.05) is 39.6 Å². The van der Waals surface area contributed by atoms with Crippen molar-refractivity contribution in [1.82, 2.24) is 15.2 Å². The average molecular weight is 296 g/mol. The van der Waals surface area contributed by atoms with Gasteiger partial charge in [0.25, 0.3) is 0 Å². The molecular weight excluding hydrogens is 272 g/mol. The van der Waals surface area contributed by atoms with Crippen LogP contribution in [0.15, 0.2) is 53.8 Å². The molecule has 4 nitrogen and oxygen atoms in total. The number of hydrogen-bond donors (Lipinski definition) is 1. The van der Waals surface area contributed by atoms with Gasteiger partial charge in [0.15, 0.2) is 5.96 Å². The van der Waals surface area contributed by atoms with E-state index in [0.717, 1.165) is 25.5 Å². The van der Waals surface area contributed by atoms with Crippen LogP contribution in [0.4, 0.5) is 0 Å². The Balaban J connectivity index is 1.86. The minimum atomic E-state index is 0.842. The standard InChI is InChI=1S/C18H24N4/c1-15-13-20-11-9-17(15)10-12-21-18(19-2)22(3)14-16-7-5-4-6-8-16/h4-9,11,13H,10,12,14H2,1-3H3,(H,19,21). The topological polar surface area (TPSA) is 40.5 Å². The van der Waals surface area contributed by atoms with Crippen LogP contribution in [0, 0.1) is 6.92 Å². The van der Waals surface area contributed by atoms with Crippen molar-refractivity contribution in [2.45, 2.75) is 19.9 Å². The van der Waals surface area contributed by atoms with E-state index in [1.54, 1.807) is 0 Å². The molecule has 0 unspecified atom stereocenters. The highest BCUT2D eigenvalue weighted by Crippen LogP contribution is 2.06. The Morgan fingerprint density at radius 1 is 1.23 bits per heavy atom. The zero-order chi connectivity index (χ0) is 15.8. The van der Waals surface area contributed by atoms with Crippen molar-refractivity contribution in [2.75, 3.05) is 20.6 Å². The summed E-state index contributed by atoms with van der Waals surface area (Å²) in [5.41, 5.74) is 3.83. The quantitative estimate of drug-likeness (QED) is 0.681. The molecule has 1 heterocycles. The Kier molecular flexibility index (Phi) is 5.95. The van der Waals surface area contributed by atoms with E-state index in [9.17, 15) is 0 Å². The van der Waals surface area contributed by atoms with Crippen LogP contribution >= 0.6 is 0 Å². The number of aryl methyl sites for hydroxylation is 1. The lowest BCUT2D eigenvalue weighted by Gasteiger charge is -2.22. The molecule has 2 aromatic rings. The molecule has 4 heteroatoms. The summed E-state index contributed by atoms with van der Waals surface area (Å²) in [6.45, 7) is 3.80. The fourth-order valence-electron chi connectivity index (χ4n) is 2.41. The van der Waals surface area contributed by atoms with Crippen molar-refractivity contribution in [3.8, 4) is 0 Å². The molecule has 0 radical (unpaired) electrons. The Morgan fingerprint density at radius 2 is 2.00 bits per heavy atom. The predicted octanol–water partition coefficient (Wildman–Crippen LogP) is 2.64. The van der Waals surface area contributed by atoms with E-state index in [1.807, 2.05) is 25.5 Å². The van der Waals surface area contributed by atoms with Crippen molar-refractivity contribution in [3.05, 3.63) is 65.5 Å². The second-order valence-corrected chi connectivity index (χ2v) is 5.37. The maximum atomic E-state index is 4.36. The van der Waals surface area contributed by atoms with Crippen LogP contribution in [0.1, 0.15) is 16.7 Å². The van der Waals surface area contributed by atoms with Crippen LogP contribution in [0.25, 0.3) is 0 Å². The molecule has 0 aliphatic heterocycles. The minimum absolute atomic E-state index is 0.842. The van der Waals surface area contributed by atoms with E-state index < -0.39 is 0 Å². The lowest BCUT2D eigenvalue weighted by molar-refractivity contribution is 0.477. The first kappa shape index (κ1) is 16.0. The average Bonchev–Trinajstić information content (AvgIpc) is 2.54. The molecule has 1 N–H and O–H groups in total. The van der Waals surface area contributed by atoms with Gasteiger partial charge in [-0.05, 0) is 36.1 Å². The monoisotopic (exact) mass is 296 g/mol. The molecule has 0 atom stereocenters. The van der Waals surface area contributed by atoms with Gasteiger partial charge < -0.3 is 10.2 Å². The second kappa shape index (κ2) is 8.17. The SMILES string of the molecule is CN=C(NCCc1ccncc1C)N(C)Cc1ccccc1. The molecule has 0 aliphatic rings. The van der Waals surface area contributed by atoms with Crippen molar-refractivity contribution in [2.24, 2.45) is 4.99 Å². The summed E-state index contributed by atoms with van der Waals surface area (Å²) in [4.78, 5) is 10.6. The second-order valence-electron chi connectivity index (χ2n) is 5.37. The summed E-state index contributed by atoms with van der Waals surface area (Å²) in [6.07, 6.45) is 4.72. The maximum absolute atomic E-state index is 4.36. The third-order valence-corrected chi connectivity index (χ3v) is 3.65. The van der Waals surface area contributed by atoms with Crippen molar-refractivity contribution in [3.63, 3.8) is 0 Å². The minimum Gasteiger partial charge on any atom is -0.356 e. The normalized spacial score (nSPS) is 11.3. The number of benzene rings is 1. The van der Waals surface area contributed by atoms with Crippen molar-refractivity contribution >= 4 is 5.96 Å². The number of nitrogens with zero attached hydrogens (tertiary/aromatic N) is 3. The fourth-order valence-corrected chi connectivity index (χ4v) is 2.41. The molecule has 0 amide bonds. The predicted molar refractivity (Wildman–Crippen MR) is 91.9 cm³/mol. The van der Waals surface area contributed by atoms with Gasteiger partial charge in [-0.3, -0.25) is 9.98 Å². The van der Waals surface area contributed by atoms with Gasteiger partial charge in [0.1, 0.15) is 0 Å². The number of pyridine rings is 1. The summed E-state index contributed by atoms with van der Waals surface area (Å²) < 4.78 is 0. The van der Waals surface area contributed by atoms with E-state index in [2.05, 4.69) is 64.5 Å². The lowest BCUT2D eigenvalue weighted by atomic mass is 10.1. The largest absolute Gasteiger partial charge is 0.356 e. The highest BCUT2D eigenvalue weighted by atomic mass is 15.3. The number of aromatic nitrogens is 1. The maximum Gasteiger partial charge on any atom is 0.193 e. The lowest BCUT2D eigenvalue weighted by Crippen LogP contribution is -2.39. The Labute approximate surface area is 132 Å². The summed E-state index contributed by atoms with van der Waals surface area (Å²) >= 11 is 0. The number of nitrogens with one attached hydrogen (secondary N) is 1. The highest BCUT2D eigenvalue weighted by Gasteiger charge is 2.06. The molecule has 0 saturated heterocycles. The first-order chi connectivity index (χ1) is 10.7. The molecular formula is C18H24N4. The van der Waals surface area contributed by atoms with E-state index in [1.165, 1.54) is 16.7 Å². The highest BCUT2D eigenvalue weighted by molar-refractivity contribution is 5.79. The van der Waals surface area contributed by atoms with Gasteiger partial charge >= 0.3 is 0 Å². The third kappa shape index (κ3) is 4.58. The van der Waals surface area contributed by atoms with Crippen LogP contribution in [-0.2, 0) is 13.0 Å². The fraction of sp³-hybridized carbons (Fsp3) is 0.333. The van der Waals surface area contributed by atoms with Crippen LogP contribution in [-0.4, -0.2) is 36.5 Å². The zero-order valence-electron chi connectivity index (χ0n) is 13.6. The number of aliphatic imine (C=N–C) groups is 1. The Morgan fingerprint density at radius 3 is 2.68 bits per heavy atom. The smallest absolute Gasteiger partial charge is 0.193 e. The number of hydrogen-bond acceptors (Lipinski definition) is 2. The van der Waals surface area contributed by atoms with Crippen LogP contribution in [0.5, 0.6) is 0 Å². The molecule has 0 spiro atoms. The molecule has 0 aliphatic carbocycles. The molecule has 116 valence electrons. The number of rotatable bonds is 5. The van der Waals surface area contributed by atoms with Crippen molar-refractivity contribution < 1.29 is 0 Å². The van der Waals surface area contributed by atoms with Gasteiger partial charge in [-0.2, -0.15) is 0 Å². The molecule has 2 rings (SSSR count). The van der Waals surface area contributed by atoms with E-state index >= 15 is 0 Å². The van der Waals surface area contributed by atoms with Crippen LogP contribution < -0.4 is 5.32 Å². The van der Waals surface area contributed by atoms with Crippen LogP contribution in [0.3, 0.4) is 0 Å². The molecule has 22 heavy (non-hydrogen) atoms. The molecule has 0 bridgehead atoms. The van der Waals surface area contributed by atoms with Gasteiger partial charge in [0.05, 0.1) is 0 Å². The van der Waals surface area contributed by atoms with Crippen LogP contribution in [0.2, 0.25) is 0 Å². The molecule has 1 aromatic carbocycles. The Hall–Kier alpha value is -2.36. The number of guanidine groups is 1. The first-order valence-corrected chi connectivity index (χ1v) is 7.56. The third-order valence-electron chi connectivity index (χ3n) is 3.65. The van der Waals surface area contributed by atoms with Gasteiger partial charge in [-0.25, -0.2) is 0 Å². The summed E-state index contributed by atoms with van der Waals surface area (Å²) in [5.74, 6) is 0.913. The van der Waals surface area contributed by atoms with E-state index in [-0.39, 0.29) is 0 Å². The Bertz CT molecular complexity index is 607. The first-order valence-electron chi connectivity index (χ1n) is 7.56. The molecule has 0 saturated carbocycles. The summed E-state index contributed by atoms with van der Waals surface area (Å²) in [6, 6.07) is 12.5. The summed E-state index contributed by atoms with van der Waals surface area (Å²) in [7, 11) is 3.88. The van der Waals surface area contributed by atoms with E-state index in [0.29, 0.717) is 0 Å².